The molecule has 0 aromatic heterocycles. The third kappa shape index (κ3) is 3.84. The number of benzene rings is 1. The van der Waals surface area contributed by atoms with E-state index in [4.69, 9.17) is 6.42 Å². The van der Waals surface area contributed by atoms with E-state index in [1.807, 2.05) is 12.1 Å². The number of hydrogen-bond acceptors (Lipinski definition) is 2. The number of unbranched alkanes of at least 4 members (excludes halogenated alkanes) is 2. The minimum Gasteiger partial charge on any atom is -0.355 e. The van der Waals surface area contributed by atoms with E-state index in [1.165, 1.54) is 11.1 Å². The zero-order chi connectivity index (χ0) is 13.5. The highest BCUT2D eigenvalue weighted by Crippen LogP contribution is 2.16. The Morgan fingerprint density at radius 2 is 2.16 bits per heavy atom. The van der Waals surface area contributed by atoms with E-state index in [0.29, 0.717) is 6.54 Å². The Balaban J connectivity index is 1.78. The molecule has 0 saturated heterocycles. The molecule has 2 rings (SSSR count). The fourth-order valence-corrected chi connectivity index (χ4v) is 2.33. The lowest BCUT2D eigenvalue weighted by molar-refractivity contribution is -0.123. The van der Waals surface area contributed by atoms with Gasteiger partial charge in [0, 0.05) is 19.5 Å². The maximum absolute atomic E-state index is 12.0. The molecule has 0 radical (unpaired) electrons. The molecule has 0 bridgehead atoms. The minimum atomic E-state index is -0.109. The Bertz CT molecular complexity index is 476. The normalized spacial score (nSPS) is 17.3. The summed E-state index contributed by atoms with van der Waals surface area (Å²) in [5.74, 6) is 2.70. The van der Waals surface area contributed by atoms with Gasteiger partial charge in [-0.25, -0.2) is 0 Å². The lowest BCUT2D eigenvalue weighted by Gasteiger charge is -2.25. The van der Waals surface area contributed by atoms with Crippen LogP contribution in [0.3, 0.4) is 0 Å². The maximum atomic E-state index is 12.0. The van der Waals surface area contributed by atoms with Gasteiger partial charge in [-0.15, -0.1) is 12.3 Å². The van der Waals surface area contributed by atoms with Crippen molar-refractivity contribution in [2.24, 2.45) is 0 Å². The number of nitrogens with one attached hydrogen (secondary N) is 2. The van der Waals surface area contributed by atoms with Gasteiger partial charge in [0.05, 0.1) is 6.04 Å². The Kier molecular flexibility index (Phi) is 5.00. The molecule has 0 saturated carbocycles. The first-order valence-corrected chi connectivity index (χ1v) is 6.82. The number of carbonyl (C=O) groups excluding carboxylic acids is 1. The average molecular weight is 256 g/mol. The predicted molar refractivity (Wildman–Crippen MR) is 76.5 cm³/mol. The Morgan fingerprint density at radius 3 is 2.95 bits per heavy atom. The van der Waals surface area contributed by atoms with Crippen LogP contribution >= 0.6 is 0 Å². The second-order valence-electron chi connectivity index (χ2n) is 4.86. The van der Waals surface area contributed by atoms with Crippen LogP contribution in [0.15, 0.2) is 24.3 Å². The van der Waals surface area contributed by atoms with Gasteiger partial charge in [-0.2, -0.15) is 0 Å². The molecule has 3 heteroatoms. The van der Waals surface area contributed by atoms with Gasteiger partial charge in [0.1, 0.15) is 0 Å². The molecule has 100 valence electrons. The van der Waals surface area contributed by atoms with E-state index in [9.17, 15) is 4.79 Å². The molecule has 0 unspecified atom stereocenters. The van der Waals surface area contributed by atoms with E-state index in [-0.39, 0.29) is 11.9 Å². The Labute approximate surface area is 114 Å². The first kappa shape index (κ1) is 13.6. The van der Waals surface area contributed by atoms with E-state index in [2.05, 4.69) is 28.7 Å². The van der Waals surface area contributed by atoms with Crippen LogP contribution in [-0.4, -0.2) is 18.5 Å². The Morgan fingerprint density at radius 1 is 1.37 bits per heavy atom. The highest BCUT2D eigenvalue weighted by atomic mass is 16.2. The number of carbonyl (C=O) groups is 1. The summed E-state index contributed by atoms with van der Waals surface area (Å²) in [6.45, 7) is 1.48. The second kappa shape index (κ2) is 6.96. The van der Waals surface area contributed by atoms with Crippen LogP contribution in [0.4, 0.5) is 0 Å². The first-order chi connectivity index (χ1) is 9.31. The van der Waals surface area contributed by atoms with E-state index in [1.54, 1.807) is 0 Å². The fraction of sp³-hybridized carbons (Fsp3) is 0.438. The van der Waals surface area contributed by atoms with Crippen molar-refractivity contribution in [3.05, 3.63) is 35.4 Å². The number of fused-ring (bicyclic) bond motifs is 1. The van der Waals surface area contributed by atoms with Crippen molar-refractivity contribution >= 4 is 5.91 Å². The molecule has 0 aliphatic carbocycles. The molecule has 0 spiro atoms. The topological polar surface area (TPSA) is 41.1 Å². The smallest absolute Gasteiger partial charge is 0.237 e. The van der Waals surface area contributed by atoms with Crippen molar-refractivity contribution in [2.75, 3.05) is 6.54 Å². The van der Waals surface area contributed by atoms with Gasteiger partial charge >= 0.3 is 0 Å². The SMILES string of the molecule is C#CCCCCNC(=O)[C@@H]1Cc2ccccc2CN1. The van der Waals surface area contributed by atoms with E-state index < -0.39 is 0 Å². The molecule has 3 nitrogen and oxygen atoms in total. The van der Waals surface area contributed by atoms with E-state index in [0.717, 1.165) is 32.2 Å². The molecule has 2 N–H and O–H groups in total. The standard InChI is InChI=1S/C16H20N2O/c1-2-3-4-7-10-17-16(19)15-11-13-8-5-6-9-14(13)12-18-15/h1,5-6,8-9,15,18H,3-4,7,10-12H2,(H,17,19)/t15-/m0/s1. The van der Waals surface area contributed by atoms with Crippen LogP contribution in [0.5, 0.6) is 0 Å². The van der Waals surface area contributed by atoms with Gasteiger partial charge in [-0.3, -0.25) is 4.79 Å². The second-order valence-corrected chi connectivity index (χ2v) is 4.86. The van der Waals surface area contributed by atoms with Gasteiger partial charge in [0.15, 0.2) is 0 Å². The van der Waals surface area contributed by atoms with Crippen LogP contribution in [0.1, 0.15) is 30.4 Å². The molecule has 0 fully saturated rings. The number of rotatable bonds is 5. The molecule has 19 heavy (non-hydrogen) atoms. The number of hydrogen-bond donors (Lipinski definition) is 2. The summed E-state index contributed by atoms with van der Waals surface area (Å²) in [6, 6.07) is 8.16. The van der Waals surface area contributed by atoms with Gasteiger partial charge < -0.3 is 10.6 Å². The van der Waals surface area contributed by atoms with Crippen LogP contribution in [0.2, 0.25) is 0 Å². The van der Waals surface area contributed by atoms with Crippen molar-refractivity contribution in [3.63, 3.8) is 0 Å². The monoisotopic (exact) mass is 256 g/mol. The van der Waals surface area contributed by atoms with Gasteiger partial charge in [-0.1, -0.05) is 24.3 Å². The maximum Gasteiger partial charge on any atom is 0.237 e. The third-order valence-corrected chi connectivity index (χ3v) is 3.44. The molecular weight excluding hydrogens is 236 g/mol. The van der Waals surface area contributed by atoms with Crippen LogP contribution in [0, 0.1) is 12.3 Å². The highest BCUT2D eigenvalue weighted by molar-refractivity contribution is 5.82. The zero-order valence-corrected chi connectivity index (χ0v) is 11.1. The zero-order valence-electron chi connectivity index (χ0n) is 11.1. The lowest BCUT2D eigenvalue weighted by atomic mass is 9.95. The Hall–Kier alpha value is -1.79. The highest BCUT2D eigenvalue weighted by Gasteiger charge is 2.23. The summed E-state index contributed by atoms with van der Waals surface area (Å²) in [6.07, 6.45) is 8.65. The van der Waals surface area contributed by atoms with Crippen LogP contribution in [0.25, 0.3) is 0 Å². The molecular formula is C16H20N2O. The largest absolute Gasteiger partial charge is 0.355 e. The van der Waals surface area contributed by atoms with Crippen LogP contribution in [-0.2, 0) is 17.8 Å². The minimum absolute atomic E-state index is 0.0928. The summed E-state index contributed by atoms with van der Waals surface area (Å²) in [4.78, 5) is 12.0. The van der Waals surface area contributed by atoms with Gasteiger partial charge in [0.25, 0.3) is 0 Å². The predicted octanol–water partition coefficient (Wildman–Crippen LogP) is 1.62. The van der Waals surface area contributed by atoms with Crippen LogP contribution < -0.4 is 10.6 Å². The lowest BCUT2D eigenvalue weighted by Crippen LogP contribution is -2.47. The fourth-order valence-electron chi connectivity index (χ4n) is 2.33. The van der Waals surface area contributed by atoms with Crippen molar-refractivity contribution < 1.29 is 4.79 Å². The molecule has 1 amide bonds. The summed E-state index contributed by atoms with van der Waals surface area (Å²) < 4.78 is 0. The molecule has 1 heterocycles. The molecule has 1 aliphatic rings. The number of terminal acetylenes is 1. The van der Waals surface area contributed by atoms with Crippen molar-refractivity contribution in [1.82, 2.24) is 10.6 Å². The molecule has 1 atom stereocenters. The van der Waals surface area contributed by atoms with Gasteiger partial charge in [-0.05, 0) is 30.4 Å². The summed E-state index contributed by atoms with van der Waals surface area (Å²) in [7, 11) is 0. The first-order valence-electron chi connectivity index (χ1n) is 6.82. The third-order valence-electron chi connectivity index (χ3n) is 3.44. The van der Waals surface area contributed by atoms with Crippen molar-refractivity contribution in [1.29, 1.82) is 0 Å². The molecule has 1 aliphatic heterocycles. The number of amides is 1. The summed E-state index contributed by atoms with van der Waals surface area (Å²) >= 11 is 0. The summed E-state index contributed by atoms with van der Waals surface area (Å²) in [5.41, 5.74) is 2.56. The van der Waals surface area contributed by atoms with E-state index >= 15 is 0 Å². The van der Waals surface area contributed by atoms with Gasteiger partial charge in [0.2, 0.25) is 5.91 Å². The quantitative estimate of drug-likeness (QED) is 0.621. The average Bonchev–Trinajstić information content (AvgIpc) is 2.46. The van der Waals surface area contributed by atoms with Crippen molar-refractivity contribution in [2.45, 2.75) is 38.3 Å². The van der Waals surface area contributed by atoms with Crippen molar-refractivity contribution in [3.8, 4) is 12.3 Å². The molecule has 1 aromatic rings. The molecule has 1 aromatic carbocycles. The summed E-state index contributed by atoms with van der Waals surface area (Å²) in [5, 5.41) is 6.25.